The summed E-state index contributed by atoms with van der Waals surface area (Å²) in [6.07, 6.45) is 5.69. The molecule has 1 aliphatic carbocycles. The van der Waals surface area contributed by atoms with Crippen LogP contribution in [0.5, 0.6) is 0 Å². The summed E-state index contributed by atoms with van der Waals surface area (Å²) < 4.78 is 0. The number of carbonyl (C=O) groups is 2. The zero-order chi connectivity index (χ0) is 24.8. The first-order valence-corrected chi connectivity index (χ1v) is 13.3. The van der Waals surface area contributed by atoms with Crippen molar-refractivity contribution in [3.8, 4) is 0 Å². The summed E-state index contributed by atoms with van der Waals surface area (Å²) in [6.45, 7) is 7.25. The Labute approximate surface area is 209 Å². The van der Waals surface area contributed by atoms with E-state index < -0.39 is 0 Å². The molecule has 1 saturated heterocycles. The Bertz CT molecular complexity index is 996. The van der Waals surface area contributed by atoms with Gasteiger partial charge in [0.25, 0.3) is 5.91 Å². The number of piperidine rings is 1. The van der Waals surface area contributed by atoms with E-state index in [1.165, 1.54) is 18.4 Å². The number of fused-ring (bicyclic) bond motifs is 1. The molecule has 1 unspecified atom stereocenters. The second-order valence-corrected chi connectivity index (χ2v) is 10.8. The van der Waals surface area contributed by atoms with Crippen molar-refractivity contribution < 1.29 is 14.7 Å². The lowest BCUT2D eigenvalue weighted by atomic mass is 9.80. The lowest BCUT2D eigenvalue weighted by molar-refractivity contribution is 0.0872. The summed E-state index contributed by atoms with van der Waals surface area (Å²) in [7, 11) is 0. The lowest BCUT2D eigenvalue weighted by Gasteiger charge is -2.33. The predicted molar refractivity (Wildman–Crippen MR) is 140 cm³/mol. The molecule has 1 aliphatic heterocycles. The van der Waals surface area contributed by atoms with Gasteiger partial charge < -0.3 is 15.3 Å². The van der Waals surface area contributed by atoms with Crippen molar-refractivity contribution in [2.45, 2.75) is 64.3 Å². The van der Waals surface area contributed by atoms with Crippen molar-refractivity contribution in [2.24, 2.45) is 11.8 Å². The van der Waals surface area contributed by atoms with Gasteiger partial charge >= 0.3 is 0 Å². The third kappa shape index (κ3) is 6.59. The third-order valence-corrected chi connectivity index (χ3v) is 7.73. The molecule has 188 valence electrons. The van der Waals surface area contributed by atoms with Gasteiger partial charge in [0.15, 0.2) is 5.78 Å². The van der Waals surface area contributed by atoms with Crippen LogP contribution in [0.2, 0.25) is 0 Å². The predicted octanol–water partition coefficient (Wildman–Crippen LogP) is 4.84. The number of nitrogens with zero attached hydrogens (tertiary/aromatic N) is 1. The standard InChI is InChI=1S/C30H40N2O3/c1-21(2)18-27(20-33)31-30(35)26-10-11-28-25(19-26)9-8-24(29(28)34)14-17-32-15-12-23(13-16-32)22-6-4-3-5-7-22/h3-7,10-11,19,21,23-24,27,33H,8-9,12-18,20H2,1-2H3,(H,31,35)/t24?,27-/m1/s1. The number of likely N-dealkylation sites (tertiary alicyclic amines) is 1. The van der Waals surface area contributed by atoms with Crippen LogP contribution >= 0.6 is 0 Å². The molecule has 2 atom stereocenters. The molecule has 1 fully saturated rings. The number of aryl methyl sites for hydroxylation is 1. The first-order valence-electron chi connectivity index (χ1n) is 13.3. The molecular weight excluding hydrogens is 436 g/mol. The molecule has 4 rings (SSSR count). The number of Topliss-reactive ketones (excluding diaryl/α,β-unsaturated/α-hetero) is 1. The summed E-state index contributed by atoms with van der Waals surface area (Å²) >= 11 is 0. The van der Waals surface area contributed by atoms with Crippen molar-refractivity contribution >= 4 is 11.7 Å². The quantitative estimate of drug-likeness (QED) is 0.543. The third-order valence-electron chi connectivity index (χ3n) is 7.73. The van der Waals surface area contributed by atoms with Gasteiger partial charge in [0.2, 0.25) is 0 Å². The summed E-state index contributed by atoms with van der Waals surface area (Å²) in [5, 5.41) is 12.5. The van der Waals surface area contributed by atoms with E-state index in [1.54, 1.807) is 6.07 Å². The maximum absolute atomic E-state index is 13.2. The average molecular weight is 477 g/mol. The number of nitrogens with one attached hydrogen (secondary N) is 1. The molecule has 2 aromatic rings. The molecule has 0 radical (unpaired) electrons. The maximum atomic E-state index is 13.2. The highest BCUT2D eigenvalue weighted by atomic mass is 16.3. The Morgan fingerprint density at radius 2 is 1.83 bits per heavy atom. The first-order chi connectivity index (χ1) is 16.9. The van der Waals surface area contributed by atoms with E-state index in [9.17, 15) is 14.7 Å². The Morgan fingerprint density at radius 1 is 1.09 bits per heavy atom. The minimum Gasteiger partial charge on any atom is -0.394 e. The van der Waals surface area contributed by atoms with E-state index in [0.717, 1.165) is 56.4 Å². The monoisotopic (exact) mass is 476 g/mol. The summed E-state index contributed by atoms with van der Waals surface area (Å²) in [4.78, 5) is 28.4. The second kappa shape index (κ2) is 12.0. The fourth-order valence-electron chi connectivity index (χ4n) is 5.71. The number of amides is 1. The fraction of sp³-hybridized carbons (Fsp3) is 0.533. The van der Waals surface area contributed by atoms with Gasteiger partial charge in [0, 0.05) is 17.0 Å². The van der Waals surface area contributed by atoms with E-state index in [0.29, 0.717) is 17.4 Å². The molecule has 35 heavy (non-hydrogen) atoms. The highest BCUT2D eigenvalue weighted by molar-refractivity contribution is 6.02. The molecule has 0 aromatic heterocycles. The van der Waals surface area contributed by atoms with Gasteiger partial charge in [-0.05, 0) is 93.3 Å². The Kier molecular flexibility index (Phi) is 8.74. The van der Waals surface area contributed by atoms with Crippen LogP contribution in [0, 0.1) is 11.8 Å². The van der Waals surface area contributed by atoms with Crippen molar-refractivity contribution in [2.75, 3.05) is 26.2 Å². The molecule has 2 aliphatic rings. The van der Waals surface area contributed by atoms with Crippen LogP contribution in [-0.4, -0.2) is 54.0 Å². The van der Waals surface area contributed by atoms with Gasteiger partial charge in [-0.2, -0.15) is 0 Å². The number of hydrogen-bond acceptors (Lipinski definition) is 4. The van der Waals surface area contributed by atoms with Gasteiger partial charge in [-0.15, -0.1) is 0 Å². The SMILES string of the molecule is CC(C)C[C@H](CO)NC(=O)c1ccc2c(c1)CCC(CCN1CCC(c3ccccc3)CC1)C2=O. The van der Waals surface area contributed by atoms with Crippen LogP contribution in [0.1, 0.15) is 83.7 Å². The largest absolute Gasteiger partial charge is 0.394 e. The van der Waals surface area contributed by atoms with Gasteiger partial charge in [-0.25, -0.2) is 0 Å². The molecule has 0 spiro atoms. The number of rotatable bonds is 9. The molecule has 5 nitrogen and oxygen atoms in total. The van der Waals surface area contributed by atoms with Crippen LogP contribution in [0.4, 0.5) is 0 Å². The minimum atomic E-state index is -0.248. The lowest BCUT2D eigenvalue weighted by Crippen LogP contribution is -2.38. The van der Waals surface area contributed by atoms with Gasteiger partial charge in [-0.1, -0.05) is 50.2 Å². The van der Waals surface area contributed by atoms with Crippen molar-refractivity contribution in [1.29, 1.82) is 0 Å². The number of aliphatic hydroxyl groups excluding tert-OH is 1. The van der Waals surface area contributed by atoms with E-state index >= 15 is 0 Å². The molecule has 2 aromatic carbocycles. The van der Waals surface area contributed by atoms with Crippen LogP contribution in [-0.2, 0) is 6.42 Å². The van der Waals surface area contributed by atoms with Crippen LogP contribution in [0.25, 0.3) is 0 Å². The number of benzene rings is 2. The molecule has 1 heterocycles. The Balaban J connectivity index is 1.29. The van der Waals surface area contributed by atoms with Gasteiger partial charge in [0.1, 0.15) is 0 Å². The first kappa shape index (κ1) is 25.6. The van der Waals surface area contributed by atoms with Crippen molar-refractivity contribution in [3.63, 3.8) is 0 Å². The van der Waals surface area contributed by atoms with Crippen LogP contribution < -0.4 is 5.32 Å². The summed E-state index contributed by atoms with van der Waals surface area (Å²) in [5.41, 5.74) is 3.78. The van der Waals surface area contributed by atoms with E-state index in [2.05, 4.69) is 54.4 Å². The number of hydrogen-bond donors (Lipinski definition) is 2. The number of aliphatic hydroxyl groups is 1. The molecular formula is C30H40N2O3. The normalized spacial score (nSPS) is 20.0. The number of carbonyl (C=O) groups excluding carboxylic acids is 2. The molecule has 0 saturated carbocycles. The Hall–Kier alpha value is -2.50. The highest BCUT2D eigenvalue weighted by Gasteiger charge is 2.29. The van der Waals surface area contributed by atoms with Gasteiger partial charge in [-0.3, -0.25) is 9.59 Å². The highest BCUT2D eigenvalue weighted by Crippen LogP contribution is 2.31. The Morgan fingerprint density at radius 3 is 2.51 bits per heavy atom. The van der Waals surface area contributed by atoms with E-state index in [-0.39, 0.29) is 30.3 Å². The maximum Gasteiger partial charge on any atom is 0.251 e. The summed E-state index contributed by atoms with van der Waals surface area (Å²) in [5.74, 6) is 1.16. The fourth-order valence-corrected chi connectivity index (χ4v) is 5.71. The minimum absolute atomic E-state index is 0.0684. The summed E-state index contributed by atoms with van der Waals surface area (Å²) in [6, 6.07) is 16.0. The smallest absolute Gasteiger partial charge is 0.251 e. The van der Waals surface area contributed by atoms with E-state index in [4.69, 9.17) is 0 Å². The molecule has 2 N–H and O–H groups in total. The number of ketones is 1. The van der Waals surface area contributed by atoms with Gasteiger partial charge in [0.05, 0.1) is 12.6 Å². The zero-order valence-electron chi connectivity index (χ0n) is 21.2. The van der Waals surface area contributed by atoms with Crippen LogP contribution in [0.3, 0.4) is 0 Å². The van der Waals surface area contributed by atoms with E-state index in [1.807, 2.05) is 12.1 Å². The van der Waals surface area contributed by atoms with Crippen LogP contribution in [0.15, 0.2) is 48.5 Å². The van der Waals surface area contributed by atoms with Crippen molar-refractivity contribution in [3.05, 3.63) is 70.8 Å². The molecule has 0 bridgehead atoms. The topological polar surface area (TPSA) is 69.6 Å². The zero-order valence-corrected chi connectivity index (χ0v) is 21.2. The molecule has 5 heteroatoms. The second-order valence-electron chi connectivity index (χ2n) is 10.8. The van der Waals surface area contributed by atoms with Crippen molar-refractivity contribution in [1.82, 2.24) is 10.2 Å². The average Bonchev–Trinajstić information content (AvgIpc) is 2.88. The molecule has 1 amide bonds.